The smallest absolute Gasteiger partial charge is 0.300 e. The second kappa shape index (κ2) is 7.47. The van der Waals surface area contributed by atoms with Crippen LogP contribution in [0, 0.1) is 6.57 Å². The summed E-state index contributed by atoms with van der Waals surface area (Å²) in [5.41, 5.74) is 1.33. The summed E-state index contributed by atoms with van der Waals surface area (Å²) in [5.74, 6) is -0.172. The van der Waals surface area contributed by atoms with Crippen LogP contribution in [0.25, 0.3) is 4.85 Å². The molecule has 1 aromatic rings. The molecule has 1 rings (SSSR count). The normalized spacial score (nSPS) is 9.44. The van der Waals surface area contributed by atoms with Crippen molar-refractivity contribution in [3.63, 3.8) is 0 Å². The minimum Gasteiger partial charge on any atom is -0.350 e. The quantitative estimate of drug-likeness (QED) is 0.573. The van der Waals surface area contributed by atoms with Crippen LogP contribution in [0.5, 0.6) is 0 Å². The van der Waals surface area contributed by atoms with Crippen molar-refractivity contribution in [2.45, 2.75) is 19.3 Å². The predicted octanol–water partition coefficient (Wildman–Crippen LogP) is 2.04. The number of hydrogen-bond donors (Lipinski definition) is 1. The SMILES string of the molecule is [C-]#[N+]CC(=O)NCCCCc1ccccc1. The Morgan fingerprint density at radius 1 is 1.25 bits per heavy atom. The molecule has 0 aliphatic rings. The lowest BCUT2D eigenvalue weighted by Crippen LogP contribution is -2.26. The first-order valence-electron chi connectivity index (χ1n) is 5.47. The largest absolute Gasteiger partial charge is 0.350 e. The second-order valence-electron chi connectivity index (χ2n) is 3.61. The first-order valence-corrected chi connectivity index (χ1v) is 5.47. The minimum absolute atomic E-state index is 0.0569. The van der Waals surface area contributed by atoms with Gasteiger partial charge >= 0.3 is 0 Å². The number of rotatable bonds is 6. The third-order valence-corrected chi connectivity index (χ3v) is 2.28. The van der Waals surface area contributed by atoms with Crippen LogP contribution in [-0.2, 0) is 11.2 Å². The number of hydrogen-bond acceptors (Lipinski definition) is 1. The molecule has 0 fully saturated rings. The van der Waals surface area contributed by atoms with Crippen molar-refractivity contribution >= 4 is 5.91 Å². The van der Waals surface area contributed by atoms with Crippen LogP contribution in [0.2, 0.25) is 0 Å². The van der Waals surface area contributed by atoms with Crippen LogP contribution in [0.3, 0.4) is 0 Å². The highest BCUT2D eigenvalue weighted by atomic mass is 16.1. The zero-order valence-corrected chi connectivity index (χ0v) is 9.28. The van der Waals surface area contributed by atoms with E-state index in [0.717, 1.165) is 19.3 Å². The molecule has 84 valence electrons. The molecule has 1 amide bonds. The topological polar surface area (TPSA) is 33.5 Å². The van der Waals surface area contributed by atoms with Gasteiger partial charge in [0.15, 0.2) is 0 Å². The van der Waals surface area contributed by atoms with Gasteiger partial charge in [0.05, 0.1) is 0 Å². The van der Waals surface area contributed by atoms with Crippen LogP contribution in [0.4, 0.5) is 0 Å². The summed E-state index contributed by atoms with van der Waals surface area (Å²) >= 11 is 0. The van der Waals surface area contributed by atoms with E-state index in [1.807, 2.05) is 18.2 Å². The Kier molecular flexibility index (Phi) is 5.72. The van der Waals surface area contributed by atoms with E-state index in [-0.39, 0.29) is 12.5 Å². The van der Waals surface area contributed by atoms with E-state index >= 15 is 0 Å². The summed E-state index contributed by atoms with van der Waals surface area (Å²) in [6.45, 7) is 7.14. The molecule has 0 radical (unpaired) electrons. The lowest BCUT2D eigenvalue weighted by Gasteiger charge is -2.02. The van der Waals surface area contributed by atoms with E-state index in [9.17, 15) is 4.79 Å². The van der Waals surface area contributed by atoms with Crippen LogP contribution in [-0.4, -0.2) is 19.0 Å². The highest BCUT2D eigenvalue weighted by Gasteiger charge is 2.01. The van der Waals surface area contributed by atoms with Gasteiger partial charge in [-0.25, -0.2) is 6.57 Å². The van der Waals surface area contributed by atoms with Gasteiger partial charge in [-0.3, -0.25) is 4.79 Å². The van der Waals surface area contributed by atoms with Gasteiger partial charge in [-0.05, 0) is 24.8 Å². The number of unbranched alkanes of at least 4 members (excludes halogenated alkanes) is 1. The summed E-state index contributed by atoms with van der Waals surface area (Å²) in [6.07, 6.45) is 3.06. The first kappa shape index (κ1) is 12.3. The lowest BCUT2D eigenvalue weighted by molar-refractivity contribution is -0.119. The van der Waals surface area contributed by atoms with Crippen LogP contribution >= 0.6 is 0 Å². The van der Waals surface area contributed by atoms with Gasteiger partial charge in [-0.15, -0.1) is 0 Å². The zero-order chi connectivity index (χ0) is 11.6. The van der Waals surface area contributed by atoms with E-state index in [1.165, 1.54) is 5.56 Å². The van der Waals surface area contributed by atoms with E-state index in [1.54, 1.807) is 0 Å². The first-order chi connectivity index (χ1) is 7.83. The fourth-order valence-corrected chi connectivity index (χ4v) is 1.45. The summed E-state index contributed by atoms with van der Waals surface area (Å²) < 4.78 is 0. The molecule has 1 aromatic carbocycles. The average Bonchev–Trinajstić information content (AvgIpc) is 2.30. The van der Waals surface area contributed by atoms with Crippen LogP contribution in [0.15, 0.2) is 30.3 Å². The molecule has 0 aromatic heterocycles. The third kappa shape index (κ3) is 5.16. The maximum absolute atomic E-state index is 11.0. The summed E-state index contributed by atoms with van der Waals surface area (Å²) in [6, 6.07) is 10.3. The Hall–Kier alpha value is -1.82. The Bertz CT molecular complexity index is 354. The predicted molar refractivity (Wildman–Crippen MR) is 63.9 cm³/mol. The van der Waals surface area contributed by atoms with Crippen molar-refractivity contribution in [2.24, 2.45) is 0 Å². The zero-order valence-electron chi connectivity index (χ0n) is 9.28. The molecule has 0 aliphatic carbocycles. The summed E-state index contributed by atoms with van der Waals surface area (Å²) in [7, 11) is 0. The maximum atomic E-state index is 11.0. The van der Waals surface area contributed by atoms with Crippen molar-refractivity contribution in [3.05, 3.63) is 47.3 Å². The van der Waals surface area contributed by atoms with E-state index in [4.69, 9.17) is 6.57 Å². The standard InChI is InChI=1S/C13H16N2O/c1-14-11-13(16)15-10-6-5-9-12-7-3-2-4-8-12/h2-4,7-8H,5-6,9-11H2,(H,15,16). The molecule has 0 saturated carbocycles. The van der Waals surface area contributed by atoms with Gasteiger partial charge in [-0.2, -0.15) is 0 Å². The van der Waals surface area contributed by atoms with Crippen LogP contribution in [0.1, 0.15) is 18.4 Å². The molecule has 0 aliphatic heterocycles. The van der Waals surface area contributed by atoms with Crippen molar-refractivity contribution in [2.75, 3.05) is 13.1 Å². The molecule has 3 nitrogen and oxygen atoms in total. The monoisotopic (exact) mass is 216 g/mol. The highest BCUT2D eigenvalue weighted by molar-refractivity contribution is 5.79. The number of carbonyl (C=O) groups is 1. The Morgan fingerprint density at radius 2 is 2.00 bits per heavy atom. The maximum Gasteiger partial charge on any atom is 0.300 e. The summed E-state index contributed by atoms with van der Waals surface area (Å²) in [4.78, 5) is 14.0. The number of nitrogens with one attached hydrogen (secondary N) is 1. The molecule has 0 saturated heterocycles. The minimum atomic E-state index is -0.172. The van der Waals surface area contributed by atoms with Gasteiger partial charge in [0.25, 0.3) is 12.5 Å². The number of carbonyl (C=O) groups excluding carboxylic acids is 1. The molecule has 0 atom stereocenters. The van der Waals surface area contributed by atoms with E-state index < -0.39 is 0 Å². The van der Waals surface area contributed by atoms with Crippen LogP contribution < -0.4 is 5.32 Å². The molecule has 0 heterocycles. The third-order valence-electron chi connectivity index (χ3n) is 2.28. The number of benzene rings is 1. The Balaban J connectivity index is 2.05. The Labute approximate surface area is 96.3 Å². The summed E-state index contributed by atoms with van der Waals surface area (Å²) in [5, 5.41) is 2.72. The van der Waals surface area contributed by atoms with Crippen molar-refractivity contribution in [3.8, 4) is 0 Å². The number of amides is 1. The van der Waals surface area contributed by atoms with Crippen molar-refractivity contribution < 1.29 is 4.79 Å². The van der Waals surface area contributed by atoms with Gasteiger partial charge < -0.3 is 10.2 Å². The van der Waals surface area contributed by atoms with Gasteiger partial charge in [0.1, 0.15) is 0 Å². The lowest BCUT2D eigenvalue weighted by atomic mass is 10.1. The number of nitrogens with zero attached hydrogens (tertiary/aromatic N) is 1. The average molecular weight is 216 g/mol. The number of aryl methyl sites for hydroxylation is 1. The fourth-order valence-electron chi connectivity index (χ4n) is 1.45. The molecule has 3 heteroatoms. The Morgan fingerprint density at radius 3 is 2.69 bits per heavy atom. The van der Waals surface area contributed by atoms with Gasteiger partial charge in [-0.1, -0.05) is 30.3 Å². The van der Waals surface area contributed by atoms with Gasteiger partial charge in [0.2, 0.25) is 0 Å². The van der Waals surface area contributed by atoms with Crippen molar-refractivity contribution in [1.29, 1.82) is 0 Å². The molecular formula is C13H16N2O. The van der Waals surface area contributed by atoms with Crippen molar-refractivity contribution in [1.82, 2.24) is 5.32 Å². The van der Waals surface area contributed by atoms with E-state index in [2.05, 4.69) is 22.3 Å². The molecule has 16 heavy (non-hydrogen) atoms. The molecule has 0 unspecified atom stereocenters. The van der Waals surface area contributed by atoms with E-state index in [0.29, 0.717) is 6.54 Å². The molecular weight excluding hydrogens is 200 g/mol. The molecule has 0 bridgehead atoms. The fraction of sp³-hybridized carbons (Fsp3) is 0.385. The molecule has 0 spiro atoms. The second-order valence-corrected chi connectivity index (χ2v) is 3.61. The highest BCUT2D eigenvalue weighted by Crippen LogP contribution is 2.03. The molecule has 1 N–H and O–H groups in total. The van der Waals surface area contributed by atoms with Gasteiger partial charge in [0, 0.05) is 6.54 Å².